The Balaban J connectivity index is 2.00. The van der Waals surface area contributed by atoms with Crippen LogP contribution >= 0.6 is 0 Å². The standard InChI is InChI=1S/C18H15N3O/c1-2-10-21(17-6-4-3-5-7-17)18(22)14-8-9-15-12-19-20-13-16(15)11-14/h2-9,11-13H,1,10H2. The molecule has 0 aliphatic heterocycles. The lowest BCUT2D eigenvalue weighted by molar-refractivity contribution is 0.0990. The second-order valence-electron chi connectivity index (χ2n) is 4.87. The van der Waals surface area contributed by atoms with Gasteiger partial charge in [0, 0.05) is 28.6 Å². The molecule has 0 aliphatic rings. The van der Waals surface area contributed by atoms with Crippen LogP contribution in [0.3, 0.4) is 0 Å². The fraction of sp³-hybridized carbons (Fsp3) is 0.0556. The van der Waals surface area contributed by atoms with E-state index in [1.165, 1.54) is 0 Å². The molecule has 0 radical (unpaired) electrons. The van der Waals surface area contributed by atoms with Gasteiger partial charge in [0.1, 0.15) is 0 Å². The second-order valence-corrected chi connectivity index (χ2v) is 4.87. The molecule has 0 atom stereocenters. The zero-order valence-corrected chi connectivity index (χ0v) is 12.0. The molecule has 22 heavy (non-hydrogen) atoms. The molecule has 1 amide bonds. The Morgan fingerprint density at radius 1 is 1.05 bits per heavy atom. The van der Waals surface area contributed by atoms with Crippen molar-refractivity contribution in [3.8, 4) is 0 Å². The normalized spacial score (nSPS) is 10.4. The van der Waals surface area contributed by atoms with Crippen LogP contribution in [0.2, 0.25) is 0 Å². The van der Waals surface area contributed by atoms with Crippen molar-refractivity contribution in [1.82, 2.24) is 10.2 Å². The third-order valence-electron chi connectivity index (χ3n) is 3.42. The highest BCUT2D eigenvalue weighted by Crippen LogP contribution is 2.19. The van der Waals surface area contributed by atoms with E-state index in [2.05, 4.69) is 16.8 Å². The molecular formula is C18H15N3O. The van der Waals surface area contributed by atoms with Crippen LogP contribution in [0.4, 0.5) is 5.69 Å². The fourth-order valence-electron chi connectivity index (χ4n) is 2.33. The van der Waals surface area contributed by atoms with E-state index >= 15 is 0 Å². The molecule has 0 spiro atoms. The first-order chi connectivity index (χ1) is 10.8. The van der Waals surface area contributed by atoms with Gasteiger partial charge in [-0.1, -0.05) is 30.3 Å². The summed E-state index contributed by atoms with van der Waals surface area (Å²) in [5.74, 6) is -0.0650. The summed E-state index contributed by atoms with van der Waals surface area (Å²) in [6.45, 7) is 4.19. The van der Waals surface area contributed by atoms with Gasteiger partial charge < -0.3 is 4.90 Å². The molecule has 1 heterocycles. The van der Waals surface area contributed by atoms with Gasteiger partial charge in [-0.3, -0.25) is 4.79 Å². The summed E-state index contributed by atoms with van der Waals surface area (Å²) < 4.78 is 0. The van der Waals surface area contributed by atoms with Gasteiger partial charge in [0.2, 0.25) is 0 Å². The van der Waals surface area contributed by atoms with Gasteiger partial charge in [-0.15, -0.1) is 6.58 Å². The van der Waals surface area contributed by atoms with Gasteiger partial charge in [-0.25, -0.2) is 0 Å². The Bertz CT molecular complexity index is 815. The summed E-state index contributed by atoms with van der Waals surface area (Å²) in [5, 5.41) is 9.56. The first kappa shape index (κ1) is 13.9. The first-order valence-electron chi connectivity index (χ1n) is 6.98. The fourth-order valence-corrected chi connectivity index (χ4v) is 2.33. The van der Waals surface area contributed by atoms with E-state index in [9.17, 15) is 4.79 Å². The minimum Gasteiger partial charge on any atom is -0.305 e. The minimum atomic E-state index is -0.0650. The molecule has 0 unspecified atom stereocenters. The van der Waals surface area contributed by atoms with Crippen molar-refractivity contribution in [2.24, 2.45) is 0 Å². The average Bonchev–Trinajstić information content (AvgIpc) is 2.59. The van der Waals surface area contributed by atoms with Crippen molar-refractivity contribution >= 4 is 22.4 Å². The average molecular weight is 289 g/mol. The van der Waals surface area contributed by atoms with Gasteiger partial charge >= 0.3 is 0 Å². The van der Waals surface area contributed by atoms with E-state index in [0.717, 1.165) is 16.5 Å². The number of benzene rings is 2. The van der Waals surface area contributed by atoms with E-state index in [-0.39, 0.29) is 5.91 Å². The van der Waals surface area contributed by atoms with Crippen LogP contribution < -0.4 is 4.90 Å². The Labute approximate surface area is 128 Å². The number of hydrogen-bond donors (Lipinski definition) is 0. The molecule has 2 aromatic carbocycles. The molecule has 0 aliphatic carbocycles. The van der Waals surface area contributed by atoms with E-state index in [1.807, 2.05) is 48.5 Å². The Hall–Kier alpha value is -3.01. The number of amides is 1. The lowest BCUT2D eigenvalue weighted by atomic mass is 10.1. The molecule has 1 aromatic heterocycles. The topological polar surface area (TPSA) is 46.1 Å². The molecule has 4 nitrogen and oxygen atoms in total. The zero-order valence-electron chi connectivity index (χ0n) is 12.0. The Morgan fingerprint density at radius 2 is 1.77 bits per heavy atom. The minimum absolute atomic E-state index is 0.0650. The molecule has 108 valence electrons. The third-order valence-corrected chi connectivity index (χ3v) is 3.42. The van der Waals surface area contributed by atoms with Gasteiger partial charge in [0.15, 0.2) is 0 Å². The molecule has 3 rings (SSSR count). The first-order valence-corrected chi connectivity index (χ1v) is 6.98. The number of nitrogens with zero attached hydrogens (tertiary/aromatic N) is 3. The van der Waals surface area contributed by atoms with Crippen molar-refractivity contribution < 1.29 is 4.79 Å². The van der Waals surface area contributed by atoms with Crippen molar-refractivity contribution in [3.63, 3.8) is 0 Å². The highest BCUT2D eigenvalue weighted by Gasteiger charge is 2.16. The predicted molar refractivity (Wildman–Crippen MR) is 87.9 cm³/mol. The van der Waals surface area contributed by atoms with Crippen LogP contribution in [0, 0.1) is 0 Å². The summed E-state index contributed by atoms with van der Waals surface area (Å²) in [6.07, 6.45) is 5.06. The number of hydrogen-bond acceptors (Lipinski definition) is 3. The number of carbonyl (C=O) groups is 1. The molecule has 3 aromatic rings. The number of anilines is 1. The van der Waals surface area contributed by atoms with Gasteiger partial charge in [0.25, 0.3) is 5.91 Å². The Kier molecular flexibility index (Phi) is 3.92. The molecule has 0 N–H and O–H groups in total. The number of carbonyl (C=O) groups excluding carboxylic acids is 1. The predicted octanol–water partition coefficient (Wildman–Crippen LogP) is 3.46. The SMILES string of the molecule is C=CCN(C(=O)c1ccc2cnncc2c1)c1ccccc1. The second kappa shape index (κ2) is 6.18. The quantitative estimate of drug-likeness (QED) is 0.691. The maximum Gasteiger partial charge on any atom is 0.258 e. The van der Waals surface area contributed by atoms with E-state index in [4.69, 9.17) is 0 Å². The largest absolute Gasteiger partial charge is 0.305 e. The lowest BCUT2D eigenvalue weighted by Crippen LogP contribution is -2.30. The summed E-state index contributed by atoms with van der Waals surface area (Å²) in [7, 11) is 0. The van der Waals surface area contributed by atoms with E-state index in [1.54, 1.807) is 23.4 Å². The molecular weight excluding hydrogens is 274 g/mol. The molecule has 0 saturated carbocycles. The maximum atomic E-state index is 12.8. The van der Waals surface area contributed by atoms with Crippen LogP contribution in [0.1, 0.15) is 10.4 Å². The number of rotatable bonds is 4. The van der Waals surface area contributed by atoms with E-state index < -0.39 is 0 Å². The molecule has 4 heteroatoms. The van der Waals surface area contributed by atoms with Crippen LogP contribution in [0.5, 0.6) is 0 Å². The zero-order chi connectivity index (χ0) is 15.4. The molecule has 0 saturated heterocycles. The molecule has 0 bridgehead atoms. The monoisotopic (exact) mass is 289 g/mol. The highest BCUT2D eigenvalue weighted by molar-refractivity contribution is 6.08. The van der Waals surface area contributed by atoms with Crippen molar-refractivity contribution in [1.29, 1.82) is 0 Å². The van der Waals surface area contributed by atoms with Gasteiger partial charge in [-0.2, -0.15) is 10.2 Å². The van der Waals surface area contributed by atoms with Crippen molar-refractivity contribution in [2.45, 2.75) is 0 Å². The summed E-state index contributed by atoms with van der Waals surface area (Å²) in [5.41, 5.74) is 1.46. The van der Waals surface area contributed by atoms with E-state index in [0.29, 0.717) is 12.1 Å². The van der Waals surface area contributed by atoms with Gasteiger partial charge in [0.05, 0.1) is 12.4 Å². The van der Waals surface area contributed by atoms with Crippen molar-refractivity contribution in [2.75, 3.05) is 11.4 Å². The summed E-state index contributed by atoms with van der Waals surface area (Å²) >= 11 is 0. The molecule has 0 fully saturated rings. The van der Waals surface area contributed by atoms with Crippen LogP contribution in [-0.4, -0.2) is 22.6 Å². The maximum absolute atomic E-state index is 12.8. The smallest absolute Gasteiger partial charge is 0.258 e. The van der Waals surface area contributed by atoms with Crippen molar-refractivity contribution in [3.05, 3.63) is 79.1 Å². The lowest BCUT2D eigenvalue weighted by Gasteiger charge is -2.21. The summed E-state index contributed by atoms with van der Waals surface area (Å²) in [6, 6.07) is 15.1. The Morgan fingerprint density at radius 3 is 2.50 bits per heavy atom. The summed E-state index contributed by atoms with van der Waals surface area (Å²) in [4.78, 5) is 14.5. The number of para-hydroxylation sites is 1. The van der Waals surface area contributed by atoms with Crippen LogP contribution in [0.25, 0.3) is 10.8 Å². The van der Waals surface area contributed by atoms with Gasteiger partial charge in [-0.05, 0) is 24.3 Å². The van der Waals surface area contributed by atoms with Crippen LogP contribution in [-0.2, 0) is 0 Å². The third kappa shape index (κ3) is 2.72. The number of fused-ring (bicyclic) bond motifs is 1. The van der Waals surface area contributed by atoms with Crippen LogP contribution in [0.15, 0.2) is 73.6 Å². The number of aromatic nitrogens is 2. The highest BCUT2D eigenvalue weighted by atomic mass is 16.2.